The number of phenolic OH excluding ortho intramolecular Hbond substituents is 2. The number of hydrogen-bond donors (Lipinski definition) is 4. The summed E-state index contributed by atoms with van der Waals surface area (Å²) in [7, 11) is 1.98. The second-order valence-electron chi connectivity index (χ2n) is 7.07. The first-order valence-electron chi connectivity index (χ1n) is 9.32. The van der Waals surface area contributed by atoms with Crippen molar-refractivity contribution in [1.29, 1.82) is 0 Å². The van der Waals surface area contributed by atoms with E-state index in [1.165, 1.54) is 18.2 Å². The molecule has 1 atom stereocenters. The largest absolute Gasteiger partial charge is 0.508 e. The van der Waals surface area contributed by atoms with Gasteiger partial charge in [0.2, 0.25) is 17.7 Å². The molecular formula is C19H29ClN4O5. The smallest absolute Gasteiger partial charge is 0.245 e. The SMILES string of the molecule is CN1CCN(C(=O)[C@H](CCC(N)=O)NC(=O)CCc2ccc(O)cc2O)CC1.Cl. The highest BCUT2D eigenvalue weighted by atomic mass is 35.5. The minimum atomic E-state index is -0.808. The van der Waals surface area contributed by atoms with Crippen LogP contribution in [0.1, 0.15) is 24.8 Å². The predicted molar refractivity (Wildman–Crippen MR) is 110 cm³/mol. The number of primary amides is 1. The number of halogens is 1. The second-order valence-corrected chi connectivity index (χ2v) is 7.07. The number of phenols is 2. The number of likely N-dealkylation sites (N-methyl/N-ethyl adjacent to an activating group) is 1. The molecule has 10 heteroatoms. The van der Waals surface area contributed by atoms with E-state index >= 15 is 0 Å². The van der Waals surface area contributed by atoms with Crippen molar-refractivity contribution in [2.45, 2.75) is 31.7 Å². The molecule has 3 amide bonds. The summed E-state index contributed by atoms with van der Waals surface area (Å²) in [6.07, 6.45) is 0.463. The number of hydrogen-bond acceptors (Lipinski definition) is 6. The molecule has 1 aromatic carbocycles. The summed E-state index contributed by atoms with van der Waals surface area (Å²) in [5, 5.41) is 21.8. The highest BCUT2D eigenvalue weighted by Crippen LogP contribution is 2.23. The Kier molecular flexibility index (Phi) is 9.70. The predicted octanol–water partition coefficient (Wildman–Crippen LogP) is -0.0235. The molecule has 162 valence electrons. The average molecular weight is 429 g/mol. The second kappa shape index (κ2) is 11.5. The fourth-order valence-electron chi connectivity index (χ4n) is 3.07. The number of piperazine rings is 1. The maximum Gasteiger partial charge on any atom is 0.245 e. The maximum absolute atomic E-state index is 12.8. The molecule has 1 saturated heterocycles. The molecule has 0 aliphatic carbocycles. The summed E-state index contributed by atoms with van der Waals surface area (Å²) in [5.74, 6) is -1.25. The summed E-state index contributed by atoms with van der Waals surface area (Å²) in [5.41, 5.74) is 5.72. The Morgan fingerprint density at radius 1 is 1.14 bits per heavy atom. The lowest BCUT2D eigenvalue weighted by Gasteiger charge is -2.34. The third-order valence-corrected chi connectivity index (χ3v) is 4.82. The molecular weight excluding hydrogens is 400 g/mol. The van der Waals surface area contributed by atoms with Crippen molar-refractivity contribution in [3.8, 4) is 11.5 Å². The van der Waals surface area contributed by atoms with Gasteiger partial charge < -0.3 is 31.1 Å². The van der Waals surface area contributed by atoms with Gasteiger partial charge in [-0.3, -0.25) is 14.4 Å². The zero-order valence-electron chi connectivity index (χ0n) is 16.5. The van der Waals surface area contributed by atoms with Crippen molar-refractivity contribution in [1.82, 2.24) is 15.1 Å². The molecule has 1 aromatic rings. The van der Waals surface area contributed by atoms with Gasteiger partial charge in [-0.15, -0.1) is 12.4 Å². The molecule has 0 radical (unpaired) electrons. The molecule has 0 spiro atoms. The lowest BCUT2D eigenvalue weighted by Crippen LogP contribution is -2.54. The van der Waals surface area contributed by atoms with Crippen molar-refractivity contribution >= 4 is 30.1 Å². The number of amides is 3. The van der Waals surface area contributed by atoms with E-state index in [1.54, 1.807) is 4.90 Å². The Morgan fingerprint density at radius 2 is 1.79 bits per heavy atom. The Morgan fingerprint density at radius 3 is 2.38 bits per heavy atom. The number of carbonyl (C=O) groups excluding carboxylic acids is 3. The van der Waals surface area contributed by atoms with Crippen molar-refractivity contribution in [3.05, 3.63) is 23.8 Å². The van der Waals surface area contributed by atoms with Crippen molar-refractivity contribution in [3.63, 3.8) is 0 Å². The van der Waals surface area contributed by atoms with Crippen LogP contribution in [0.5, 0.6) is 11.5 Å². The first-order valence-corrected chi connectivity index (χ1v) is 9.32. The summed E-state index contributed by atoms with van der Waals surface area (Å²) < 4.78 is 0. The standard InChI is InChI=1S/C19H28N4O5.ClH/c1-22-8-10-23(11-9-22)19(28)15(5-6-17(20)26)21-18(27)7-3-13-2-4-14(24)12-16(13)25;/h2,4,12,15,24-25H,3,5-11H2,1H3,(H2,20,26)(H,21,27);1H/t15-;/m0./s1. The Labute approximate surface area is 176 Å². The van der Waals surface area contributed by atoms with Crippen LogP contribution in [0.4, 0.5) is 0 Å². The summed E-state index contributed by atoms with van der Waals surface area (Å²) in [4.78, 5) is 40.1. The zero-order chi connectivity index (χ0) is 20.7. The number of nitrogens with two attached hydrogens (primary N) is 1. The van der Waals surface area contributed by atoms with Crippen LogP contribution in [0.2, 0.25) is 0 Å². The van der Waals surface area contributed by atoms with Gasteiger partial charge in [-0.25, -0.2) is 0 Å². The number of nitrogens with zero attached hydrogens (tertiary/aromatic N) is 2. The molecule has 2 rings (SSSR count). The first-order chi connectivity index (χ1) is 13.3. The molecule has 1 aliphatic heterocycles. The van der Waals surface area contributed by atoms with Gasteiger partial charge in [0.25, 0.3) is 0 Å². The number of rotatable bonds is 8. The van der Waals surface area contributed by atoms with Gasteiger partial charge in [0.1, 0.15) is 17.5 Å². The van der Waals surface area contributed by atoms with Crippen LogP contribution < -0.4 is 11.1 Å². The molecule has 1 aliphatic rings. The van der Waals surface area contributed by atoms with Crippen LogP contribution in [-0.4, -0.2) is 77.0 Å². The van der Waals surface area contributed by atoms with Gasteiger partial charge in [0, 0.05) is 45.1 Å². The number of aromatic hydroxyl groups is 2. The van der Waals surface area contributed by atoms with Crippen molar-refractivity contribution < 1.29 is 24.6 Å². The Bertz CT molecular complexity index is 723. The highest BCUT2D eigenvalue weighted by Gasteiger charge is 2.28. The molecule has 29 heavy (non-hydrogen) atoms. The van der Waals surface area contributed by atoms with Gasteiger partial charge in [0.15, 0.2) is 0 Å². The fraction of sp³-hybridized carbons (Fsp3) is 0.526. The monoisotopic (exact) mass is 428 g/mol. The summed E-state index contributed by atoms with van der Waals surface area (Å²) in [6.45, 7) is 2.64. The molecule has 0 bridgehead atoms. The van der Waals surface area contributed by atoms with Crippen molar-refractivity contribution in [2.24, 2.45) is 5.73 Å². The van der Waals surface area contributed by atoms with Crippen LogP contribution in [0.25, 0.3) is 0 Å². The van der Waals surface area contributed by atoms with Crippen LogP contribution >= 0.6 is 12.4 Å². The topological polar surface area (TPSA) is 136 Å². The van der Waals surface area contributed by atoms with E-state index in [0.29, 0.717) is 18.7 Å². The van der Waals surface area contributed by atoms with E-state index in [9.17, 15) is 24.6 Å². The van der Waals surface area contributed by atoms with E-state index in [-0.39, 0.29) is 61.4 Å². The maximum atomic E-state index is 12.8. The summed E-state index contributed by atoms with van der Waals surface area (Å²) >= 11 is 0. The molecule has 9 nitrogen and oxygen atoms in total. The van der Waals surface area contributed by atoms with Crippen LogP contribution in [-0.2, 0) is 20.8 Å². The van der Waals surface area contributed by atoms with Crippen molar-refractivity contribution in [2.75, 3.05) is 33.2 Å². The van der Waals surface area contributed by atoms with Crippen LogP contribution in [0.15, 0.2) is 18.2 Å². The molecule has 0 aromatic heterocycles. The van der Waals surface area contributed by atoms with E-state index in [1.807, 2.05) is 7.05 Å². The number of carbonyl (C=O) groups is 3. The molecule has 1 heterocycles. The lowest BCUT2D eigenvalue weighted by atomic mass is 10.1. The van der Waals surface area contributed by atoms with Crippen LogP contribution in [0, 0.1) is 0 Å². The fourth-order valence-corrected chi connectivity index (χ4v) is 3.07. The minimum absolute atomic E-state index is 0. The van der Waals surface area contributed by atoms with Gasteiger partial charge in [-0.05, 0) is 31.5 Å². The highest BCUT2D eigenvalue weighted by molar-refractivity contribution is 5.88. The third-order valence-electron chi connectivity index (χ3n) is 4.82. The summed E-state index contributed by atoms with van der Waals surface area (Å²) in [6, 6.07) is 3.37. The van der Waals surface area contributed by atoms with E-state index in [0.717, 1.165) is 13.1 Å². The Hall–Kier alpha value is -2.52. The van der Waals surface area contributed by atoms with Gasteiger partial charge >= 0.3 is 0 Å². The number of nitrogens with one attached hydrogen (secondary N) is 1. The molecule has 5 N–H and O–H groups in total. The molecule has 0 unspecified atom stereocenters. The van der Waals surface area contributed by atoms with E-state index in [4.69, 9.17) is 5.73 Å². The van der Waals surface area contributed by atoms with Gasteiger partial charge in [0.05, 0.1) is 0 Å². The van der Waals surface area contributed by atoms with Crippen LogP contribution in [0.3, 0.4) is 0 Å². The molecule has 0 saturated carbocycles. The van der Waals surface area contributed by atoms with E-state index in [2.05, 4.69) is 10.2 Å². The quantitative estimate of drug-likeness (QED) is 0.459. The third kappa shape index (κ3) is 7.78. The molecule has 1 fully saturated rings. The average Bonchev–Trinajstić information content (AvgIpc) is 2.64. The van der Waals surface area contributed by atoms with Gasteiger partial charge in [-0.1, -0.05) is 6.07 Å². The normalized spacial score (nSPS) is 15.3. The first kappa shape index (κ1) is 24.5. The van der Waals surface area contributed by atoms with E-state index < -0.39 is 11.9 Å². The Balaban J connectivity index is 0.00000420. The number of aryl methyl sites for hydroxylation is 1. The minimum Gasteiger partial charge on any atom is -0.508 e. The van der Waals surface area contributed by atoms with Gasteiger partial charge in [-0.2, -0.15) is 0 Å². The number of benzene rings is 1. The zero-order valence-corrected chi connectivity index (χ0v) is 17.3. The lowest BCUT2D eigenvalue weighted by molar-refractivity contribution is -0.138.